The van der Waals surface area contributed by atoms with Gasteiger partial charge in [-0.3, -0.25) is 14.5 Å². The molecule has 2 aromatic rings. The smallest absolute Gasteiger partial charge is 0.227 e. The van der Waals surface area contributed by atoms with Gasteiger partial charge in [-0.1, -0.05) is 23.7 Å². The number of hydrogen-bond acceptors (Lipinski definition) is 4. The Hall–Kier alpha value is -2.21. The molecule has 162 valence electrons. The number of halogens is 1. The highest BCUT2D eigenvalue weighted by atomic mass is 35.5. The number of carbonyl (C=O) groups is 2. The third kappa shape index (κ3) is 4.40. The number of ketones is 1. The first-order chi connectivity index (χ1) is 15.1. The van der Waals surface area contributed by atoms with Crippen LogP contribution in [0.15, 0.2) is 36.4 Å². The van der Waals surface area contributed by atoms with Gasteiger partial charge in [-0.25, -0.2) is 0 Å². The number of anilines is 1. The SMILES string of the molecule is O=C(CCN1CCN(Cc2cccc(Cl)c2)CC1)c1cc2c3c(c1)CCN3C(=O)CC2. The van der Waals surface area contributed by atoms with Crippen molar-refractivity contribution in [3.8, 4) is 0 Å². The van der Waals surface area contributed by atoms with Gasteiger partial charge in [0.15, 0.2) is 5.78 Å². The van der Waals surface area contributed by atoms with Gasteiger partial charge in [0.2, 0.25) is 5.91 Å². The normalized spacial score (nSPS) is 19.0. The number of piperazine rings is 1. The van der Waals surface area contributed by atoms with E-state index in [1.807, 2.05) is 35.2 Å². The first kappa shape index (κ1) is 20.7. The molecule has 1 amide bonds. The van der Waals surface area contributed by atoms with E-state index in [0.29, 0.717) is 12.8 Å². The molecular weight excluding hydrogens is 410 g/mol. The minimum Gasteiger partial charge on any atom is -0.312 e. The molecule has 0 atom stereocenters. The lowest BCUT2D eigenvalue weighted by atomic mass is 9.94. The summed E-state index contributed by atoms with van der Waals surface area (Å²) in [6, 6.07) is 12.1. The molecular formula is C25H28ClN3O2. The van der Waals surface area contributed by atoms with Crippen LogP contribution < -0.4 is 4.90 Å². The van der Waals surface area contributed by atoms with Crippen molar-refractivity contribution in [1.82, 2.24) is 9.80 Å². The summed E-state index contributed by atoms with van der Waals surface area (Å²) in [4.78, 5) is 31.8. The Morgan fingerprint density at radius 2 is 1.65 bits per heavy atom. The van der Waals surface area contributed by atoms with Crippen LogP contribution in [-0.2, 0) is 24.2 Å². The lowest BCUT2D eigenvalue weighted by molar-refractivity contribution is -0.118. The molecule has 5 nitrogen and oxygen atoms in total. The second-order valence-corrected chi connectivity index (χ2v) is 9.30. The summed E-state index contributed by atoms with van der Waals surface area (Å²) in [5.74, 6) is 0.440. The summed E-state index contributed by atoms with van der Waals surface area (Å²) >= 11 is 6.10. The van der Waals surface area contributed by atoms with Crippen molar-refractivity contribution >= 4 is 29.0 Å². The molecule has 0 bridgehead atoms. The van der Waals surface area contributed by atoms with Gasteiger partial charge in [-0.15, -0.1) is 0 Å². The maximum Gasteiger partial charge on any atom is 0.227 e. The lowest BCUT2D eigenvalue weighted by Crippen LogP contribution is -2.46. The van der Waals surface area contributed by atoms with Crippen molar-refractivity contribution in [2.45, 2.75) is 32.2 Å². The summed E-state index contributed by atoms with van der Waals surface area (Å²) in [6.07, 6.45) is 2.73. The van der Waals surface area contributed by atoms with Gasteiger partial charge in [-0.05, 0) is 53.8 Å². The van der Waals surface area contributed by atoms with Gasteiger partial charge >= 0.3 is 0 Å². The van der Waals surface area contributed by atoms with Gasteiger partial charge in [0.25, 0.3) is 0 Å². The summed E-state index contributed by atoms with van der Waals surface area (Å²) in [5, 5.41) is 0.787. The van der Waals surface area contributed by atoms with Crippen molar-refractivity contribution in [1.29, 1.82) is 0 Å². The maximum atomic E-state index is 12.9. The van der Waals surface area contributed by atoms with Crippen LogP contribution in [0.3, 0.4) is 0 Å². The molecule has 0 saturated carbocycles. The molecule has 1 saturated heterocycles. The molecule has 0 unspecified atom stereocenters. The first-order valence-corrected chi connectivity index (χ1v) is 11.6. The minimum absolute atomic E-state index is 0.218. The standard InChI is InChI=1S/C25H28ClN3O2/c26-22-3-1-2-18(14-22)17-28-12-10-27(11-13-28)8-7-23(30)21-15-19-4-5-24(31)29-9-6-20(16-21)25(19)29/h1-3,14-16H,4-13,17H2. The molecule has 0 radical (unpaired) electrons. The van der Waals surface area contributed by atoms with Crippen molar-refractivity contribution < 1.29 is 9.59 Å². The first-order valence-electron chi connectivity index (χ1n) is 11.3. The van der Waals surface area contributed by atoms with Crippen LogP contribution in [0.25, 0.3) is 0 Å². The fraction of sp³-hybridized carbons (Fsp3) is 0.440. The number of Topliss-reactive ketones (excluding diaryl/α,β-unsaturated/α-hetero) is 1. The molecule has 3 heterocycles. The van der Waals surface area contributed by atoms with Gasteiger partial charge in [0.05, 0.1) is 5.69 Å². The van der Waals surface area contributed by atoms with Crippen LogP contribution in [0.2, 0.25) is 5.02 Å². The Bertz CT molecular complexity index is 1010. The molecule has 0 aliphatic carbocycles. The molecule has 6 heteroatoms. The van der Waals surface area contributed by atoms with E-state index in [4.69, 9.17) is 11.6 Å². The number of benzene rings is 2. The maximum absolute atomic E-state index is 12.9. The van der Waals surface area contributed by atoms with Crippen LogP contribution in [0.1, 0.15) is 39.9 Å². The monoisotopic (exact) mass is 437 g/mol. The average Bonchev–Trinajstić information content (AvgIpc) is 3.21. The van der Waals surface area contributed by atoms with E-state index in [-0.39, 0.29) is 11.7 Å². The van der Waals surface area contributed by atoms with Gasteiger partial charge in [-0.2, -0.15) is 0 Å². The molecule has 3 aliphatic rings. The quantitative estimate of drug-likeness (QED) is 0.648. The summed E-state index contributed by atoms with van der Waals surface area (Å²) < 4.78 is 0. The van der Waals surface area contributed by atoms with Crippen LogP contribution in [0.5, 0.6) is 0 Å². The van der Waals surface area contributed by atoms with E-state index in [1.165, 1.54) is 16.7 Å². The van der Waals surface area contributed by atoms with Gasteiger partial charge < -0.3 is 9.80 Å². The Labute approximate surface area is 188 Å². The second-order valence-electron chi connectivity index (χ2n) is 8.86. The topological polar surface area (TPSA) is 43.9 Å². The molecule has 0 spiro atoms. The molecule has 0 aromatic heterocycles. The summed E-state index contributed by atoms with van der Waals surface area (Å²) in [7, 11) is 0. The van der Waals surface area contributed by atoms with Gasteiger partial charge in [0, 0.05) is 69.2 Å². The molecule has 1 fully saturated rings. The van der Waals surface area contributed by atoms with Crippen molar-refractivity contribution in [2.75, 3.05) is 44.2 Å². The minimum atomic E-state index is 0.218. The van der Waals surface area contributed by atoms with Gasteiger partial charge in [0.1, 0.15) is 0 Å². The zero-order valence-electron chi connectivity index (χ0n) is 17.8. The summed E-state index contributed by atoms with van der Waals surface area (Å²) in [5.41, 5.74) is 5.50. The number of nitrogens with zero attached hydrogens (tertiary/aromatic N) is 3. The third-order valence-corrected chi connectivity index (χ3v) is 7.02. The number of hydrogen-bond donors (Lipinski definition) is 0. The predicted octanol–water partition coefficient (Wildman–Crippen LogP) is 3.57. The Morgan fingerprint density at radius 1 is 0.903 bits per heavy atom. The zero-order chi connectivity index (χ0) is 21.4. The highest BCUT2D eigenvalue weighted by Gasteiger charge is 2.32. The van der Waals surface area contributed by atoms with Crippen molar-refractivity contribution in [2.24, 2.45) is 0 Å². The molecule has 5 rings (SSSR count). The second kappa shape index (κ2) is 8.73. The Morgan fingerprint density at radius 3 is 2.42 bits per heavy atom. The highest BCUT2D eigenvalue weighted by molar-refractivity contribution is 6.30. The number of rotatable bonds is 6. The lowest BCUT2D eigenvalue weighted by Gasteiger charge is -2.34. The number of aryl methyl sites for hydroxylation is 1. The fourth-order valence-corrected chi connectivity index (χ4v) is 5.30. The van der Waals surface area contributed by atoms with E-state index in [1.54, 1.807) is 0 Å². The molecule has 0 N–H and O–H groups in total. The zero-order valence-corrected chi connectivity index (χ0v) is 18.5. The highest BCUT2D eigenvalue weighted by Crippen LogP contribution is 2.37. The fourth-order valence-electron chi connectivity index (χ4n) is 5.09. The average molecular weight is 438 g/mol. The Kier molecular flexibility index (Phi) is 5.83. The summed E-state index contributed by atoms with van der Waals surface area (Å²) in [6.45, 7) is 6.48. The van der Waals surface area contributed by atoms with Crippen molar-refractivity contribution in [3.63, 3.8) is 0 Å². The van der Waals surface area contributed by atoms with Crippen molar-refractivity contribution in [3.05, 3.63) is 63.7 Å². The number of carbonyl (C=O) groups excluding carboxylic acids is 2. The van der Waals surface area contributed by atoms with E-state index in [9.17, 15) is 9.59 Å². The van der Waals surface area contributed by atoms with E-state index in [2.05, 4.69) is 15.9 Å². The molecule has 3 aliphatic heterocycles. The predicted molar refractivity (Wildman–Crippen MR) is 123 cm³/mol. The van der Waals surface area contributed by atoms with Crippen LogP contribution >= 0.6 is 11.6 Å². The van der Waals surface area contributed by atoms with E-state index in [0.717, 1.165) is 74.9 Å². The van der Waals surface area contributed by atoms with E-state index >= 15 is 0 Å². The molecule has 31 heavy (non-hydrogen) atoms. The third-order valence-electron chi connectivity index (χ3n) is 6.79. The largest absolute Gasteiger partial charge is 0.312 e. The van der Waals surface area contributed by atoms with E-state index < -0.39 is 0 Å². The van der Waals surface area contributed by atoms with Crippen LogP contribution in [-0.4, -0.2) is 60.8 Å². The Balaban J connectivity index is 1.14. The molecule has 2 aromatic carbocycles. The van der Waals surface area contributed by atoms with Crippen LogP contribution in [0.4, 0.5) is 5.69 Å². The number of amides is 1. The van der Waals surface area contributed by atoms with Crippen LogP contribution in [0, 0.1) is 0 Å².